The molecule has 1 unspecified atom stereocenters. The molecular weight excluding hydrogens is 255 g/mol. The zero-order valence-corrected chi connectivity index (χ0v) is 10.9. The average molecular weight is 270 g/mol. The Morgan fingerprint density at radius 2 is 2.00 bits per heavy atom. The first-order valence-electron chi connectivity index (χ1n) is 5.49. The van der Waals surface area contributed by atoms with Crippen molar-refractivity contribution in [3.05, 3.63) is 29.6 Å². The standard InChI is InChI=1S/C13H15FO5/c1-13(11(15)16,12(17)19-3)7-8-4-5-9(18-2)6-10(8)14/h4-6H,7H2,1-3H3,(H,15,16). The van der Waals surface area contributed by atoms with E-state index in [4.69, 9.17) is 9.84 Å². The summed E-state index contributed by atoms with van der Waals surface area (Å²) in [6, 6.07) is 4.02. The van der Waals surface area contributed by atoms with Gasteiger partial charge in [-0.2, -0.15) is 0 Å². The minimum absolute atomic E-state index is 0.108. The van der Waals surface area contributed by atoms with Crippen LogP contribution in [0.15, 0.2) is 18.2 Å². The van der Waals surface area contributed by atoms with Crippen molar-refractivity contribution in [1.82, 2.24) is 0 Å². The van der Waals surface area contributed by atoms with E-state index < -0.39 is 23.2 Å². The van der Waals surface area contributed by atoms with Crippen LogP contribution < -0.4 is 4.74 Å². The van der Waals surface area contributed by atoms with Crippen molar-refractivity contribution in [2.75, 3.05) is 14.2 Å². The van der Waals surface area contributed by atoms with Gasteiger partial charge in [-0.1, -0.05) is 6.07 Å². The van der Waals surface area contributed by atoms with E-state index in [-0.39, 0.29) is 12.0 Å². The van der Waals surface area contributed by atoms with Gasteiger partial charge in [0.1, 0.15) is 11.6 Å². The molecule has 0 spiro atoms. The number of carbonyl (C=O) groups excluding carboxylic acids is 1. The number of hydrogen-bond donors (Lipinski definition) is 1. The number of esters is 1. The number of carboxylic acid groups (broad SMARTS) is 1. The van der Waals surface area contributed by atoms with Crippen LogP contribution in [0.3, 0.4) is 0 Å². The maximum Gasteiger partial charge on any atom is 0.323 e. The fourth-order valence-electron chi connectivity index (χ4n) is 1.64. The topological polar surface area (TPSA) is 72.8 Å². The van der Waals surface area contributed by atoms with Gasteiger partial charge in [-0.3, -0.25) is 9.59 Å². The highest BCUT2D eigenvalue weighted by Crippen LogP contribution is 2.27. The third-order valence-electron chi connectivity index (χ3n) is 2.91. The molecule has 1 atom stereocenters. The Bertz CT molecular complexity index is 500. The fraction of sp³-hybridized carbons (Fsp3) is 0.385. The number of aliphatic carboxylic acids is 1. The van der Waals surface area contributed by atoms with Crippen LogP contribution in [0.5, 0.6) is 5.75 Å². The van der Waals surface area contributed by atoms with Crippen LogP contribution >= 0.6 is 0 Å². The van der Waals surface area contributed by atoms with Gasteiger partial charge in [0.2, 0.25) is 0 Å². The van der Waals surface area contributed by atoms with Crippen LogP contribution in [0.1, 0.15) is 12.5 Å². The van der Waals surface area contributed by atoms with Crippen molar-refractivity contribution in [3.8, 4) is 5.75 Å². The number of carboxylic acids is 1. The van der Waals surface area contributed by atoms with Crippen molar-refractivity contribution < 1.29 is 28.6 Å². The molecule has 0 saturated heterocycles. The van der Waals surface area contributed by atoms with E-state index in [1.54, 1.807) is 0 Å². The van der Waals surface area contributed by atoms with Gasteiger partial charge < -0.3 is 14.6 Å². The lowest BCUT2D eigenvalue weighted by Gasteiger charge is -2.22. The summed E-state index contributed by atoms with van der Waals surface area (Å²) in [7, 11) is 2.48. The van der Waals surface area contributed by atoms with Crippen molar-refractivity contribution in [3.63, 3.8) is 0 Å². The molecule has 104 valence electrons. The Kier molecular flexibility index (Phi) is 4.47. The van der Waals surface area contributed by atoms with Crippen LogP contribution in [0, 0.1) is 11.2 Å². The van der Waals surface area contributed by atoms with E-state index >= 15 is 0 Å². The number of benzene rings is 1. The molecule has 0 saturated carbocycles. The third-order valence-corrected chi connectivity index (χ3v) is 2.91. The Balaban J connectivity index is 3.11. The minimum atomic E-state index is -1.83. The lowest BCUT2D eigenvalue weighted by molar-refractivity contribution is -0.165. The number of ether oxygens (including phenoxy) is 2. The monoisotopic (exact) mass is 270 g/mol. The first-order chi connectivity index (χ1) is 8.85. The molecule has 19 heavy (non-hydrogen) atoms. The average Bonchev–Trinajstić information content (AvgIpc) is 2.39. The first kappa shape index (κ1) is 14.9. The maximum atomic E-state index is 13.8. The van der Waals surface area contributed by atoms with Crippen molar-refractivity contribution in [1.29, 1.82) is 0 Å². The van der Waals surface area contributed by atoms with Gasteiger partial charge in [0.15, 0.2) is 5.41 Å². The molecule has 0 aliphatic rings. The number of halogens is 1. The summed E-state index contributed by atoms with van der Waals surface area (Å²) in [5, 5.41) is 9.14. The molecule has 1 aromatic carbocycles. The van der Waals surface area contributed by atoms with E-state index in [0.29, 0.717) is 5.75 Å². The molecule has 0 aliphatic heterocycles. The number of methoxy groups -OCH3 is 2. The summed E-state index contributed by atoms with van der Waals surface area (Å²) < 4.78 is 23.1. The largest absolute Gasteiger partial charge is 0.497 e. The molecule has 1 rings (SSSR count). The number of hydrogen-bond acceptors (Lipinski definition) is 4. The highest BCUT2D eigenvalue weighted by molar-refractivity contribution is 5.98. The van der Waals surface area contributed by atoms with Crippen LogP contribution in [0.2, 0.25) is 0 Å². The van der Waals surface area contributed by atoms with Gasteiger partial charge >= 0.3 is 11.9 Å². The lowest BCUT2D eigenvalue weighted by Crippen LogP contribution is -2.39. The maximum absolute atomic E-state index is 13.8. The summed E-state index contributed by atoms with van der Waals surface area (Å²) in [5.41, 5.74) is -1.72. The van der Waals surface area contributed by atoms with Gasteiger partial charge in [0.25, 0.3) is 0 Å². The van der Waals surface area contributed by atoms with Gasteiger partial charge in [-0.05, 0) is 18.6 Å². The van der Waals surface area contributed by atoms with Crippen molar-refractivity contribution in [2.24, 2.45) is 5.41 Å². The van der Waals surface area contributed by atoms with Gasteiger partial charge in [0.05, 0.1) is 14.2 Å². The summed E-state index contributed by atoms with van der Waals surface area (Å²) in [6.45, 7) is 1.20. The number of carbonyl (C=O) groups is 2. The molecule has 1 aromatic rings. The third kappa shape index (κ3) is 3.01. The second kappa shape index (κ2) is 5.69. The molecule has 0 amide bonds. The second-order valence-electron chi connectivity index (χ2n) is 4.26. The fourth-order valence-corrected chi connectivity index (χ4v) is 1.64. The normalized spacial score (nSPS) is 13.5. The van der Waals surface area contributed by atoms with Gasteiger partial charge in [-0.25, -0.2) is 4.39 Å². The SMILES string of the molecule is COC(=O)C(C)(Cc1ccc(OC)cc1F)C(=O)O. The predicted molar refractivity (Wildman–Crippen MR) is 64.4 cm³/mol. The molecular formula is C13H15FO5. The molecule has 5 nitrogen and oxygen atoms in total. The van der Waals surface area contributed by atoms with E-state index in [9.17, 15) is 14.0 Å². The van der Waals surface area contributed by atoms with Crippen molar-refractivity contribution >= 4 is 11.9 Å². The Hall–Kier alpha value is -2.11. The summed E-state index contributed by atoms with van der Waals surface area (Å²) in [5.74, 6) is -2.60. The first-order valence-corrected chi connectivity index (χ1v) is 5.49. The van der Waals surface area contributed by atoms with E-state index in [1.165, 1.54) is 26.2 Å². The van der Waals surface area contributed by atoms with Gasteiger partial charge in [-0.15, -0.1) is 0 Å². The Labute approximate surface area is 109 Å². The number of rotatable bonds is 5. The molecule has 0 aliphatic carbocycles. The zero-order chi connectivity index (χ0) is 14.6. The predicted octanol–water partition coefficient (Wildman–Crippen LogP) is 1.64. The minimum Gasteiger partial charge on any atom is -0.497 e. The second-order valence-corrected chi connectivity index (χ2v) is 4.26. The van der Waals surface area contributed by atoms with Crippen LogP contribution in [-0.2, 0) is 20.7 Å². The smallest absolute Gasteiger partial charge is 0.323 e. The van der Waals surface area contributed by atoms with Crippen LogP contribution in [-0.4, -0.2) is 31.3 Å². The van der Waals surface area contributed by atoms with Crippen LogP contribution in [0.4, 0.5) is 4.39 Å². The molecule has 0 radical (unpaired) electrons. The molecule has 1 N–H and O–H groups in total. The lowest BCUT2D eigenvalue weighted by atomic mass is 9.83. The van der Waals surface area contributed by atoms with Crippen LogP contribution in [0.25, 0.3) is 0 Å². The zero-order valence-electron chi connectivity index (χ0n) is 10.9. The molecule has 0 bridgehead atoms. The van der Waals surface area contributed by atoms with E-state index in [2.05, 4.69) is 4.74 Å². The molecule has 0 aromatic heterocycles. The molecule has 0 fully saturated rings. The summed E-state index contributed by atoms with van der Waals surface area (Å²) in [6.07, 6.45) is -0.301. The molecule has 6 heteroatoms. The Morgan fingerprint density at radius 3 is 2.42 bits per heavy atom. The highest BCUT2D eigenvalue weighted by Gasteiger charge is 2.43. The van der Waals surface area contributed by atoms with Gasteiger partial charge in [0, 0.05) is 12.5 Å². The quantitative estimate of drug-likeness (QED) is 0.650. The van der Waals surface area contributed by atoms with E-state index in [1.807, 2.05) is 0 Å². The molecule has 0 heterocycles. The summed E-state index contributed by atoms with van der Waals surface area (Å²) >= 11 is 0. The summed E-state index contributed by atoms with van der Waals surface area (Å²) in [4.78, 5) is 22.8. The van der Waals surface area contributed by atoms with Crippen molar-refractivity contribution in [2.45, 2.75) is 13.3 Å². The van der Waals surface area contributed by atoms with E-state index in [0.717, 1.165) is 13.2 Å². The Morgan fingerprint density at radius 1 is 1.37 bits per heavy atom. The highest BCUT2D eigenvalue weighted by atomic mass is 19.1.